The third-order valence-electron chi connectivity index (χ3n) is 15.5. The summed E-state index contributed by atoms with van der Waals surface area (Å²) in [6.07, 6.45) is 77.7. The van der Waals surface area contributed by atoms with Crippen molar-refractivity contribution in [3.8, 4) is 0 Å². The lowest BCUT2D eigenvalue weighted by atomic mass is 10.0. The topological polar surface area (TPSA) is 95.9 Å². The van der Waals surface area contributed by atoms with Gasteiger partial charge in [0.15, 0.2) is 0 Å². The highest BCUT2D eigenvalue weighted by Gasteiger charge is 2.20. The van der Waals surface area contributed by atoms with E-state index in [1.807, 2.05) is 0 Å². The van der Waals surface area contributed by atoms with Crippen LogP contribution in [0.1, 0.15) is 367 Å². The summed E-state index contributed by atoms with van der Waals surface area (Å²) in [5.41, 5.74) is 0. The Morgan fingerprint density at radius 3 is 0.973 bits per heavy atom. The Kier molecular flexibility index (Phi) is 61.4. The summed E-state index contributed by atoms with van der Waals surface area (Å²) in [6.45, 7) is 4.97. The monoisotopic (exact) mass is 1030 g/mol. The van der Waals surface area contributed by atoms with E-state index in [-0.39, 0.29) is 18.5 Å². The Balaban J connectivity index is 3.41. The Bertz CT molecular complexity index is 1140. The van der Waals surface area contributed by atoms with Crippen molar-refractivity contribution in [2.45, 2.75) is 379 Å². The first-order valence-corrected chi connectivity index (χ1v) is 33.1. The van der Waals surface area contributed by atoms with Crippen LogP contribution in [-0.4, -0.2) is 47.4 Å². The average molecular weight is 1030 g/mol. The summed E-state index contributed by atoms with van der Waals surface area (Å²) in [4.78, 5) is 24.6. The molecule has 0 saturated heterocycles. The van der Waals surface area contributed by atoms with Crippen LogP contribution in [0.5, 0.6) is 0 Å². The molecule has 0 saturated carbocycles. The molecule has 0 fully saturated rings. The van der Waals surface area contributed by atoms with Crippen LogP contribution in [0.15, 0.2) is 24.3 Å². The minimum atomic E-state index is -0.669. The number of aliphatic hydroxyl groups excluding tert-OH is 2. The molecule has 1 amide bonds. The quantitative estimate of drug-likeness (QED) is 0.0320. The predicted molar refractivity (Wildman–Crippen MR) is 320 cm³/mol. The number of carbonyl (C=O) groups is 2. The first-order valence-electron chi connectivity index (χ1n) is 33.1. The molecule has 0 aliphatic carbocycles. The van der Waals surface area contributed by atoms with Gasteiger partial charge in [0.2, 0.25) is 5.91 Å². The predicted octanol–water partition coefficient (Wildman–Crippen LogP) is 21.0. The van der Waals surface area contributed by atoms with Gasteiger partial charge in [-0.3, -0.25) is 9.59 Å². The molecule has 0 heterocycles. The molecule has 432 valence electrons. The molecule has 0 bridgehead atoms. The van der Waals surface area contributed by atoms with Gasteiger partial charge in [0.1, 0.15) is 0 Å². The normalized spacial score (nSPS) is 12.7. The minimum absolute atomic E-state index is 0.00604. The second-order valence-corrected chi connectivity index (χ2v) is 22.8. The maximum Gasteiger partial charge on any atom is 0.305 e. The van der Waals surface area contributed by atoms with E-state index in [0.717, 1.165) is 44.9 Å². The van der Waals surface area contributed by atoms with Crippen molar-refractivity contribution in [3.05, 3.63) is 24.3 Å². The zero-order valence-electron chi connectivity index (χ0n) is 49.4. The number of esters is 1. The maximum atomic E-state index is 12.5. The molecule has 0 spiro atoms. The van der Waals surface area contributed by atoms with E-state index in [0.29, 0.717) is 25.9 Å². The van der Waals surface area contributed by atoms with Crippen LogP contribution in [0.2, 0.25) is 0 Å². The Morgan fingerprint density at radius 1 is 0.370 bits per heavy atom. The SMILES string of the molecule is CCCCCCCCC/C=C\CCCCCCCCCC(=O)OCCCCCCCCCCCC/C=C\CCCCCCCCCC(=O)NC(CO)C(O)CCCCCCCCCCCCCCCCCCC. The summed E-state index contributed by atoms with van der Waals surface area (Å²) in [5, 5.41) is 23.3. The third kappa shape index (κ3) is 59.4. The van der Waals surface area contributed by atoms with Crippen LogP contribution in [0.4, 0.5) is 0 Å². The Labute approximate surface area is 456 Å². The van der Waals surface area contributed by atoms with Gasteiger partial charge >= 0.3 is 5.97 Å². The van der Waals surface area contributed by atoms with E-state index in [4.69, 9.17) is 4.74 Å². The van der Waals surface area contributed by atoms with Crippen LogP contribution < -0.4 is 5.32 Å². The van der Waals surface area contributed by atoms with E-state index >= 15 is 0 Å². The van der Waals surface area contributed by atoms with Gasteiger partial charge < -0.3 is 20.3 Å². The van der Waals surface area contributed by atoms with Crippen molar-refractivity contribution in [2.24, 2.45) is 0 Å². The van der Waals surface area contributed by atoms with Crippen LogP contribution in [0, 0.1) is 0 Å². The van der Waals surface area contributed by atoms with E-state index in [1.165, 1.54) is 289 Å². The van der Waals surface area contributed by atoms with E-state index in [1.54, 1.807) is 0 Å². The molecule has 73 heavy (non-hydrogen) atoms. The van der Waals surface area contributed by atoms with Crippen molar-refractivity contribution in [2.75, 3.05) is 13.2 Å². The van der Waals surface area contributed by atoms with Crippen LogP contribution in [0.25, 0.3) is 0 Å². The van der Waals surface area contributed by atoms with E-state index in [9.17, 15) is 19.8 Å². The summed E-state index contributed by atoms with van der Waals surface area (Å²) in [6, 6.07) is -0.547. The number of ether oxygens (including phenoxy) is 1. The van der Waals surface area contributed by atoms with Gasteiger partial charge in [-0.05, 0) is 77.0 Å². The largest absolute Gasteiger partial charge is 0.466 e. The number of aliphatic hydroxyl groups is 2. The van der Waals surface area contributed by atoms with E-state index in [2.05, 4.69) is 43.5 Å². The van der Waals surface area contributed by atoms with Crippen molar-refractivity contribution >= 4 is 11.9 Å². The summed E-state index contributed by atoms with van der Waals surface area (Å²) < 4.78 is 5.50. The first kappa shape index (κ1) is 71.3. The number of rotatable bonds is 62. The number of carbonyl (C=O) groups excluding carboxylic acids is 2. The van der Waals surface area contributed by atoms with Gasteiger partial charge in [-0.15, -0.1) is 0 Å². The molecule has 2 unspecified atom stereocenters. The fourth-order valence-electron chi connectivity index (χ4n) is 10.4. The smallest absolute Gasteiger partial charge is 0.305 e. The molecule has 6 nitrogen and oxygen atoms in total. The molecule has 0 radical (unpaired) electrons. The lowest BCUT2D eigenvalue weighted by molar-refractivity contribution is -0.143. The van der Waals surface area contributed by atoms with Gasteiger partial charge in [0, 0.05) is 12.8 Å². The number of unbranched alkanes of at least 4 members (excludes halogenated alkanes) is 47. The van der Waals surface area contributed by atoms with Crippen LogP contribution >= 0.6 is 0 Å². The van der Waals surface area contributed by atoms with Gasteiger partial charge in [-0.25, -0.2) is 0 Å². The highest BCUT2D eigenvalue weighted by molar-refractivity contribution is 5.76. The lowest BCUT2D eigenvalue weighted by Crippen LogP contribution is -2.45. The average Bonchev–Trinajstić information content (AvgIpc) is 3.39. The number of hydrogen-bond acceptors (Lipinski definition) is 5. The summed E-state index contributed by atoms with van der Waals surface area (Å²) in [7, 11) is 0. The molecule has 2 atom stereocenters. The molecule has 0 aliphatic heterocycles. The van der Waals surface area contributed by atoms with Gasteiger partial charge in [0.25, 0.3) is 0 Å². The molecule has 0 aromatic carbocycles. The highest BCUT2D eigenvalue weighted by atomic mass is 16.5. The number of amides is 1. The first-order chi connectivity index (χ1) is 36.0. The third-order valence-corrected chi connectivity index (χ3v) is 15.5. The lowest BCUT2D eigenvalue weighted by Gasteiger charge is -2.22. The van der Waals surface area contributed by atoms with Crippen molar-refractivity contribution < 1.29 is 24.5 Å². The van der Waals surface area contributed by atoms with Gasteiger partial charge in [-0.1, -0.05) is 301 Å². The summed E-state index contributed by atoms with van der Waals surface area (Å²) in [5.74, 6) is -0.0339. The highest BCUT2D eigenvalue weighted by Crippen LogP contribution is 2.18. The number of hydrogen-bond donors (Lipinski definition) is 3. The minimum Gasteiger partial charge on any atom is -0.466 e. The van der Waals surface area contributed by atoms with Gasteiger partial charge in [-0.2, -0.15) is 0 Å². The molecular weight excluding hydrogens is 899 g/mol. The maximum absolute atomic E-state index is 12.5. The molecule has 0 aromatic heterocycles. The molecule has 0 aliphatic rings. The number of nitrogens with one attached hydrogen (secondary N) is 1. The zero-order valence-corrected chi connectivity index (χ0v) is 49.4. The molecule has 0 aromatic rings. The second-order valence-electron chi connectivity index (χ2n) is 22.8. The molecular formula is C67H129NO5. The fourth-order valence-corrected chi connectivity index (χ4v) is 10.4. The number of allylic oxidation sites excluding steroid dienone is 4. The van der Waals surface area contributed by atoms with Crippen LogP contribution in [-0.2, 0) is 14.3 Å². The second kappa shape index (κ2) is 62.9. The van der Waals surface area contributed by atoms with Crippen molar-refractivity contribution in [1.29, 1.82) is 0 Å². The van der Waals surface area contributed by atoms with E-state index < -0.39 is 12.1 Å². The van der Waals surface area contributed by atoms with Gasteiger partial charge in [0.05, 0.1) is 25.4 Å². The molecule has 0 rings (SSSR count). The van der Waals surface area contributed by atoms with Crippen molar-refractivity contribution in [3.63, 3.8) is 0 Å². The standard InChI is InChI=1S/C67H129NO5/c1-3-5-7-9-11-13-15-17-19-21-29-33-37-41-45-49-53-57-61-67(72)73-62-58-54-50-46-42-38-34-30-26-24-22-23-25-28-32-36-40-44-48-52-56-60-66(71)68-64(63-69)65(70)59-55-51-47-43-39-35-31-27-20-18-16-14-12-10-8-6-4-2/h19,21,23,25,64-65,69-70H,3-18,20,22,24,26-63H2,1-2H3,(H,68,71)/b21-19-,25-23-. The fraction of sp³-hybridized carbons (Fsp3) is 0.910. The molecule has 6 heteroatoms. The van der Waals surface area contributed by atoms with Crippen molar-refractivity contribution in [1.82, 2.24) is 5.32 Å². The Hall–Kier alpha value is -1.66. The van der Waals surface area contributed by atoms with Crippen LogP contribution in [0.3, 0.4) is 0 Å². The Morgan fingerprint density at radius 2 is 0.644 bits per heavy atom. The summed E-state index contributed by atoms with van der Waals surface area (Å²) >= 11 is 0. The molecule has 3 N–H and O–H groups in total. The zero-order chi connectivity index (χ0) is 52.9.